The Morgan fingerprint density at radius 3 is 2.81 bits per heavy atom. The molecule has 0 unspecified atom stereocenters. The van der Waals surface area contributed by atoms with Gasteiger partial charge in [0.25, 0.3) is 0 Å². The fourth-order valence-electron chi connectivity index (χ4n) is 1.52. The van der Waals surface area contributed by atoms with E-state index in [-0.39, 0.29) is 0 Å². The number of halogens is 1. The molecule has 1 heterocycles. The van der Waals surface area contributed by atoms with Crippen molar-refractivity contribution in [1.29, 1.82) is 0 Å². The smallest absolute Gasteiger partial charge is 0.0756 e. The molecule has 1 aliphatic rings. The molecule has 0 atom stereocenters. The second-order valence-electron chi connectivity index (χ2n) is 3.32. The van der Waals surface area contributed by atoms with Gasteiger partial charge in [-0.15, -0.1) is 23.5 Å². The molecule has 0 saturated carbocycles. The quantitative estimate of drug-likeness (QED) is 0.424. The minimum Gasteiger partial charge on any atom is -0.143 e. The van der Waals surface area contributed by atoms with Crippen molar-refractivity contribution in [3.05, 3.63) is 38.7 Å². The van der Waals surface area contributed by atoms with E-state index in [2.05, 4.69) is 32.0 Å². The molecule has 84 valence electrons. The first-order chi connectivity index (χ1) is 7.81. The van der Waals surface area contributed by atoms with Gasteiger partial charge in [0.15, 0.2) is 0 Å². The summed E-state index contributed by atoms with van der Waals surface area (Å²) in [6.45, 7) is 0. The molecular formula is C10H10BrN3S2. The van der Waals surface area contributed by atoms with E-state index in [0.717, 1.165) is 15.7 Å². The van der Waals surface area contributed by atoms with Crippen LogP contribution in [-0.4, -0.2) is 11.5 Å². The molecule has 1 fully saturated rings. The first-order valence-electron chi connectivity index (χ1n) is 4.89. The van der Waals surface area contributed by atoms with E-state index in [4.69, 9.17) is 5.53 Å². The fraction of sp³-hybridized carbons (Fsp3) is 0.400. The molecule has 0 bridgehead atoms. The van der Waals surface area contributed by atoms with Crippen molar-refractivity contribution in [3.63, 3.8) is 0 Å². The van der Waals surface area contributed by atoms with Crippen LogP contribution in [0.2, 0.25) is 0 Å². The van der Waals surface area contributed by atoms with Crippen LogP contribution in [0.3, 0.4) is 0 Å². The van der Waals surface area contributed by atoms with Gasteiger partial charge in [-0.2, -0.15) is 0 Å². The van der Waals surface area contributed by atoms with Gasteiger partial charge in [0, 0.05) is 15.1 Å². The molecule has 6 heteroatoms. The van der Waals surface area contributed by atoms with Crippen LogP contribution in [0.1, 0.15) is 16.6 Å². The Labute approximate surface area is 111 Å². The Kier molecular flexibility index (Phi) is 4.46. The summed E-state index contributed by atoms with van der Waals surface area (Å²) in [7, 11) is 0. The molecule has 0 amide bonds. The highest BCUT2D eigenvalue weighted by molar-refractivity contribution is 9.10. The van der Waals surface area contributed by atoms with Gasteiger partial charge in [-0.25, -0.2) is 0 Å². The van der Waals surface area contributed by atoms with E-state index in [0.29, 0.717) is 4.58 Å². The number of thioether (sulfide) groups is 2. The lowest BCUT2D eigenvalue weighted by molar-refractivity contribution is 1.10. The predicted octanol–water partition coefficient (Wildman–Crippen LogP) is 5.26. The maximum atomic E-state index is 8.54. The zero-order valence-corrected chi connectivity index (χ0v) is 11.7. The molecule has 0 spiro atoms. The minimum absolute atomic E-state index is 0.395. The van der Waals surface area contributed by atoms with E-state index in [1.165, 1.54) is 17.9 Å². The molecule has 3 nitrogen and oxygen atoms in total. The molecule has 1 aliphatic heterocycles. The van der Waals surface area contributed by atoms with Crippen LogP contribution in [0.5, 0.6) is 0 Å². The first kappa shape index (κ1) is 12.2. The van der Waals surface area contributed by atoms with Crippen LogP contribution in [0.25, 0.3) is 10.4 Å². The van der Waals surface area contributed by atoms with Gasteiger partial charge in [-0.3, -0.25) is 0 Å². The van der Waals surface area contributed by atoms with Gasteiger partial charge in [0.1, 0.15) is 0 Å². The molecule has 0 aromatic heterocycles. The highest BCUT2D eigenvalue weighted by Crippen LogP contribution is 2.47. The minimum atomic E-state index is 0.395. The molecule has 0 N–H and O–H groups in total. The lowest BCUT2D eigenvalue weighted by Gasteiger charge is -2.22. The van der Waals surface area contributed by atoms with Crippen molar-refractivity contribution in [2.45, 2.75) is 11.0 Å². The number of hydrogen-bond acceptors (Lipinski definition) is 3. The number of hydrogen-bond donors (Lipinski definition) is 0. The Morgan fingerprint density at radius 1 is 1.38 bits per heavy atom. The van der Waals surface area contributed by atoms with Gasteiger partial charge in [-0.05, 0) is 41.2 Å². The number of nitrogens with zero attached hydrogens (tertiary/aromatic N) is 3. The average molecular weight is 316 g/mol. The van der Waals surface area contributed by atoms with Crippen molar-refractivity contribution >= 4 is 45.1 Å². The van der Waals surface area contributed by atoms with Crippen molar-refractivity contribution in [3.8, 4) is 0 Å². The number of benzene rings is 1. The first-order valence-corrected chi connectivity index (χ1v) is 7.78. The fourth-order valence-corrected chi connectivity index (χ4v) is 4.83. The molecule has 16 heavy (non-hydrogen) atoms. The van der Waals surface area contributed by atoms with Crippen LogP contribution in [0.4, 0.5) is 5.69 Å². The number of rotatable bonds is 2. The molecule has 0 radical (unpaired) electrons. The summed E-state index contributed by atoms with van der Waals surface area (Å²) in [6.07, 6.45) is 1.26. The van der Waals surface area contributed by atoms with Gasteiger partial charge in [0.05, 0.1) is 4.58 Å². The molecule has 1 aromatic rings. The highest BCUT2D eigenvalue weighted by Gasteiger charge is 2.19. The monoisotopic (exact) mass is 315 g/mol. The maximum absolute atomic E-state index is 8.54. The Bertz CT molecular complexity index is 426. The molecule has 0 aliphatic carbocycles. The van der Waals surface area contributed by atoms with Gasteiger partial charge < -0.3 is 0 Å². The predicted molar refractivity (Wildman–Crippen MR) is 75.2 cm³/mol. The second-order valence-corrected chi connectivity index (χ2v) is 6.96. The molecule has 2 rings (SSSR count). The summed E-state index contributed by atoms with van der Waals surface area (Å²) >= 11 is 7.31. The summed E-state index contributed by atoms with van der Waals surface area (Å²) in [6, 6.07) is 5.83. The van der Waals surface area contributed by atoms with Crippen molar-refractivity contribution in [1.82, 2.24) is 0 Å². The summed E-state index contributed by atoms with van der Waals surface area (Å²) in [5, 5.41) is 3.76. The highest BCUT2D eigenvalue weighted by atomic mass is 79.9. The summed E-state index contributed by atoms with van der Waals surface area (Å²) < 4.78 is 1.43. The normalized spacial score (nSPS) is 16.8. The standard InChI is InChI=1S/C10H10BrN3S2/c11-7-2-3-9(13-14-12)8(6-7)10-15-4-1-5-16-10/h2-3,6,10H,1,4-5H2. The van der Waals surface area contributed by atoms with E-state index >= 15 is 0 Å². The maximum Gasteiger partial charge on any atom is 0.0756 e. The van der Waals surface area contributed by atoms with Crippen molar-refractivity contribution in [2.24, 2.45) is 5.11 Å². The zero-order valence-electron chi connectivity index (χ0n) is 8.47. The molecular weight excluding hydrogens is 306 g/mol. The van der Waals surface area contributed by atoms with Crippen molar-refractivity contribution < 1.29 is 0 Å². The zero-order chi connectivity index (χ0) is 11.4. The summed E-state index contributed by atoms with van der Waals surface area (Å²) in [5.74, 6) is 2.36. The Hall–Kier alpha value is -0.290. The Morgan fingerprint density at radius 2 is 2.12 bits per heavy atom. The number of azide groups is 1. The van der Waals surface area contributed by atoms with E-state index in [1.807, 2.05) is 35.7 Å². The van der Waals surface area contributed by atoms with Crippen LogP contribution < -0.4 is 0 Å². The molecule has 1 saturated heterocycles. The van der Waals surface area contributed by atoms with Crippen LogP contribution in [0.15, 0.2) is 27.8 Å². The van der Waals surface area contributed by atoms with E-state index in [9.17, 15) is 0 Å². The van der Waals surface area contributed by atoms with Gasteiger partial charge in [0.2, 0.25) is 0 Å². The molecule has 1 aromatic carbocycles. The SMILES string of the molecule is [N-]=[N+]=Nc1ccc(Br)cc1C1SCCCS1. The van der Waals surface area contributed by atoms with Gasteiger partial charge in [-0.1, -0.05) is 27.1 Å². The van der Waals surface area contributed by atoms with Crippen molar-refractivity contribution in [2.75, 3.05) is 11.5 Å². The largest absolute Gasteiger partial charge is 0.143 e. The lowest BCUT2D eigenvalue weighted by Crippen LogP contribution is -2.00. The van der Waals surface area contributed by atoms with Gasteiger partial charge >= 0.3 is 0 Å². The third-order valence-electron chi connectivity index (χ3n) is 2.22. The topological polar surface area (TPSA) is 48.8 Å². The van der Waals surface area contributed by atoms with Crippen LogP contribution in [0, 0.1) is 0 Å². The average Bonchev–Trinajstić information content (AvgIpc) is 2.33. The lowest BCUT2D eigenvalue weighted by atomic mass is 10.2. The summed E-state index contributed by atoms with van der Waals surface area (Å²) in [4.78, 5) is 2.88. The van der Waals surface area contributed by atoms with Crippen LogP contribution >= 0.6 is 39.5 Å². The second kappa shape index (κ2) is 5.87. The third kappa shape index (κ3) is 2.88. The Balaban J connectivity index is 2.35. The van der Waals surface area contributed by atoms with E-state index < -0.39 is 0 Å². The van der Waals surface area contributed by atoms with Crippen LogP contribution in [-0.2, 0) is 0 Å². The summed E-state index contributed by atoms with van der Waals surface area (Å²) in [5.41, 5.74) is 10.4. The van der Waals surface area contributed by atoms with E-state index in [1.54, 1.807) is 0 Å². The third-order valence-corrected chi connectivity index (χ3v) is 5.69.